The van der Waals surface area contributed by atoms with Crippen molar-refractivity contribution in [2.24, 2.45) is 5.92 Å². The molecule has 4 heterocycles. The SMILES string of the molecule is CC(C)CC(NC(=O)Oc1ccc(-c2ccccc2)s1)C(=O)N1CCC2C1C(=O)CN2C(=O)c1ccccn1. The normalized spacial score (nSPS) is 19.2. The van der Waals surface area contributed by atoms with E-state index in [1.807, 2.05) is 50.2 Å². The van der Waals surface area contributed by atoms with Gasteiger partial charge in [0.2, 0.25) is 5.91 Å². The molecule has 3 amide bonds. The lowest BCUT2D eigenvalue weighted by Gasteiger charge is -2.28. The Morgan fingerprint density at radius 1 is 1.05 bits per heavy atom. The van der Waals surface area contributed by atoms with Gasteiger partial charge in [-0.25, -0.2) is 4.79 Å². The molecule has 2 saturated heterocycles. The molecule has 3 aromatic rings. The van der Waals surface area contributed by atoms with E-state index in [1.54, 1.807) is 24.3 Å². The molecule has 39 heavy (non-hydrogen) atoms. The Hall–Kier alpha value is -4.05. The Kier molecular flexibility index (Phi) is 7.74. The number of thiophene rings is 1. The van der Waals surface area contributed by atoms with E-state index >= 15 is 0 Å². The van der Waals surface area contributed by atoms with Gasteiger partial charge in [0, 0.05) is 17.6 Å². The van der Waals surface area contributed by atoms with E-state index in [0.29, 0.717) is 24.4 Å². The highest BCUT2D eigenvalue weighted by Gasteiger charge is 2.52. The molecular formula is C29H30N4O5S. The molecule has 202 valence electrons. The van der Waals surface area contributed by atoms with Crippen LogP contribution in [0.5, 0.6) is 5.06 Å². The molecule has 1 N–H and O–H groups in total. The second kappa shape index (κ2) is 11.4. The first-order valence-corrected chi connectivity index (χ1v) is 13.8. The van der Waals surface area contributed by atoms with Gasteiger partial charge in [0.05, 0.1) is 12.6 Å². The highest BCUT2D eigenvalue weighted by Crippen LogP contribution is 2.34. The molecular weight excluding hydrogens is 516 g/mol. The first kappa shape index (κ1) is 26.6. The molecule has 0 bridgehead atoms. The van der Waals surface area contributed by atoms with Crippen LogP contribution in [0.3, 0.4) is 0 Å². The molecule has 9 nitrogen and oxygen atoms in total. The highest BCUT2D eigenvalue weighted by atomic mass is 32.1. The van der Waals surface area contributed by atoms with Crippen molar-refractivity contribution in [3.63, 3.8) is 0 Å². The molecule has 0 radical (unpaired) electrons. The van der Waals surface area contributed by atoms with Crippen LogP contribution >= 0.6 is 11.3 Å². The molecule has 10 heteroatoms. The fourth-order valence-electron chi connectivity index (χ4n) is 5.26. The monoisotopic (exact) mass is 546 g/mol. The standard InChI is InChI=1S/C29H30N4O5S/c1-18(2)16-21(31-29(37)38-25-12-11-24(39-25)19-8-4-3-5-9-19)28(36)32-15-13-22-26(32)23(34)17-33(22)27(35)20-10-6-7-14-30-20/h3-12,14,18,21-22,26H,13,15-17H2,1-2H3,(H,31,37). The van der Waals surface area contributed by atoms with Crippen LogP contribution in [-0.4, -0.2) is 69.7 Å². The summed E-state index contributed by atoms with van der Waals surface area (Å²) in [6.07, 6.45) is 1.67. The number of carbonyl (C=O) groups excluding carboxylic acids is 4. The van der Waals surface area contributed by atoms with Gasteiger partial charge in [-0.05, 0) is 48.6 Å². The third kappa shape index (κ3) is 5.70. The van der Waals surface area contributed by atoms with Crippen molar-refractivity contribution in [2.75, 3.05) is 13.1 Å². The summed E-state index contributed by atoms with van der Waals surface area (Å²) >= 11 is 1.34. The number of hydrogen-bond acceptors (Lipinski definition) is 7. The Balaban J connectivity index is 1.26. The number of carbonyl (C=O) groups is 4. The number of amides is 3. The summed E-state index contributed by atoms with van der Waals surface area (Å²) in [5.74, 6) is -0.750. The zero-order valence-electron chi connectivity index (χ0n) is 21.8. The van der Waals surface area contributed by atoms with Crippen LogP contribution in [-0.2, 0) is 9.59 Å². The number of ketones is 1. The minimum Gasteiger partial charge on any atom is -0.399 e. The van der Waals surface area contributed by atoms with Crippen LogP contribution in [0.2, 0.25) is 0 Å². The second-order valence-electron chi connectivity index (χ2n) is 10.1. The molecule has 5 rings (SSSR count). The lowest BCUT2D eigenvalue weighted by molar-refractivity contribution is -0.138. The molecule has 2 aromatic heterocycles. The number of likely N-dealkylation sites (tertiary alicyclic amines) is 2. The predicted molar refractivity (Wildman–Crippen MR) is 146 cm³/mol. The van der Waals surface area contributed by atoms with E-state index in [2.05, 4.69) is 10.3 Å². The van der Waals surface area contributed by atoms with Gasteiger partial charge >= 0.3 is 6.09 Å². The van der Waals surface area contributed by atoms with Crippen molar-refractivity contribution >= 4 is 35.0 Å². The van der Waals surface area contributed by atoms with Crippen LogP contribution in [0, 0.1) is 5.92 Å². The maximum atomic E-state index is 13.7. The van der Waals surface area contributed by atoms with Crippen molar-refractivity contribution in [1.82, 2.24) is 20.1 Å². The Bertz CT molecular complexity index is 1360. The lowest BCUT2D eigenvalue weighted by Crippen LogP contribution is -2.53. The number of hydrogen-bond donors (Lipinski definition) is 1. The predicted octanol–water partition coefficient (Wildman–Crippen LogP) is 4.01. The van der Waals surface area contributed by atoms with E-state index in [4.69, 9.17) is 4.74 Å². The van der Waals surface area contributed by atoms with Crippen molar-refractivity contribution in [1.29, 1.82) is 0 Å². The topological polar surface area (TPSA) is 109 Å². The summed E-state index contributed by atoms with van der Waals surface area (Å²) in [5, 5.41) is 3.14. The second-order valence-corrected chi connectivity index (χ2v) is 11.2. The van der Waals surface area contributed by atoms with Crippen molar-refractivity contribution < 1.29 is 23.9 Å². The zero-order chi connectivity index (χ0) is 27.5. The van der Waals surface area contributed by atoms with Crippen LogP contribution in [0.15, 0.2) is 66.9 Å². The summed E-state index contributed by atoms with van der Waals surface area (Å²) in [6.45, 7) is 4.17. The van der Waals surface area contributed by atoms with Crippen molar-refractivity contribution in [2.45, 2.75) is 44.8 Å². The number of ether oxygens (including phenoxy) is 1. The number of pyridine rings is 1. The number of fused-ring (bicyclic) bond motifs is 1. The number of rotatable bonds is 7. The smallest absolute Gasteiger partial charge is 0.399 e. The van der Waals surface area contributed by atoms with Crippen molar-refractivity contribution in [3.05, 3.63) is 72.6 Å². The summed E-state index contributed by atoms with van der Waals surface area (Å²) < 4.78 is 5.52. The van der Waals surface area contributed by atoms with Gasteiger partial charge in [0.25, 0.3) is 5.91 Å². The minimum absolute atomic E-state index is 0.0685. The van der Waals surface area contributed by atoms with Crippen LogP contribution in [0.1, 0.15) is 37.2 Å². The summed E-state index contributed by atoms with van der Waals surface area (Å²) in [5.41, 5.74) is 1.29. The molecule has 2 aliphatic rings. The fraction of sp³-hybridized carbons (Fsp3) is 0.345. The summed E-state index contributed by atoms with van der Waals surface area (Å²) in [6, 6.07) is 16.4. The van der Waals surface area contributed by atoms with Gasteiger partial charge in [-0.15, -0.1) is 0 Å². The van der Waals surface area contributed by atoms with Crippen molar-refractivity contribution in [3.8, 4) is 15.5 Å². The third-order valence-corrected chi connectivity index (χ3v) is 7.99. The van der Waals surface area contributed by atoms with Crippen LogP contribution < -0.4 is 10.1 Å². The largest absolute Gasteiger partial charge is 0.414 e. The molecule has 2 fully saturated rings. The Labute approximate surface area is 230 Å². The van der Waals surface area contributed by atoms with Crippen LogP contribution in [0.25, 0.3) is 10.4 Å². The number of nitrogens with one attached hydrogen (secondary N) is 1. The molecule has 0 aliphatic carbocycles. The van der Waals surface area contributed by atoms with Gasteiger partial charge < -0.3 is 19.9 Å². The third-order valence-electron chi connectivity index (χ3n) is 6.98. The number of Topliss-reactive ketones (excluding diaryl/α,β-unsaturated/α-hetero) is 1. The van der Waals surface area contributed by atoms with Gasteiger partial charge in [-0.2, -0.15) is 0 Å². The van der Waals surface area contributed by atoms with E-state index in [1.165, 1.54) is 27.3 Å². The van der Waals surface area contributed by atoms with Gasteiger partial charge in [0.15, 0.2) is 10.8 Å². The fourth-order valence-corrected chi connectivity index (χ4v) is 6.12. The van der Waals surface area contributed by atoms with E-state index in [0.717, 1.165) is 10.4 Å². The molecule has 0 saturated carbocycles. The van der Waals surface area contributed by atoms with Gasteiger partial charge in [-0.3, -0.25) is 19.4 Å². The maximum Gasteiger partial charge on any atom is 0.414 e. The van der Waals surface area contributed by atoms with Crippen LogP contribution in [0.4, 0.5) is 4.79 Å². The molecule has 3 atom stereocenters. The molecule has 3 unspecified atom stereocenters. The highest BCUT2D eigenvalue weighted by molar-refractivity contribution is 7.17. The average molecular weight is 547 g/mol. The summed E-state index contributed by atoms with van der Waals surface area (Å²) in [7, 11) is 0. The first-order valence-electron chi connectivity index (χ1n) is 13.0. The minimum atomic E-state index is -0.863. The quantitative estimate of drug-likeness (QED) is 0.480. The van der Waals surface area contributed by atoms with Gasteiger partial charge in [0.1, 0.15) is 17.8 Å². The van der Waals surface area contributed by atoms with E-state index in [-0.39, 0.29) is 35.8 Å². The number of benzene rings is 1. The maximum absolute atomic E-state index is 13.7. The first-order chi connectivity index (χ1) is 18.8. The lowest BCUT2D eigenvalue weighted by atomic mass is 10.0. The van der Waals surface area contributed by atoms with Gasteiger partial charge in [-0.1, -0.05) is 61.6 Å². The van der Waals surface area contributed by atoms with E-state index in [9.17, 15) is 19.2 Å². The molecule has 0 spiro atoms. The average Bonchev–Trinajstić information content (AvgIpc) is 3.66. The van der Waals surface area contributed by atoms with E-state index < -0.39 is 24.2 Å². The summed E-state index contributed by atoms with van der Waals surface area (Å²) in [4.78, 5) is 60.7. The Morgan fingerprint density at radius 2 is 1.82 bits per heavy atom. The molecule has 1 aromatic carbocycles. The number of nitrogens with zero attached hydrogens (tertiary/aromatic N) is 3. The zero-order valence-corrected chi connectivity index (χ0v) is 22.6. The number of aromatic nitrogens is 1. The Morgan fingerprint density at radius 3 is 2.54 bits per heavy atom. The molecule has 2 aliphatic heterocycles.